The largest absolute Gasteiger partial charge is 0.508 e. The molecule has 4 N–H and O–H groups in total. The molecule has 1 aliphatic heterocycles. The number of phenolic OH excluding ortho intramolecular Hbond substituents is 1. The summed E-state index contributed by atoms with van der Waals surface area (Å²) >= 11 is 1.33. The van der Waals surface area contributed by atoms with Crippen molar-refractivity contribution in [1.82, 2.24) is 25.4 Å². The molecular formula is C41H65N5O7S. The van der Waals surface area contributed by atoms with E-state index >= 15 is 0 Å². The van der Waals surface area contributed by atoms with E-state index in [0.717, 1.165) is 50.6 Å². The number of nitrogens with zero attached hydrogens (tertiary/aromatic N) is 3. The second kappa shape index (κ2) is 22.1. The van der Waals surface area contributed by atoms with Crippen LogP contribution in [0.15, 0.2) is 29.6 Å². The molecule has 0 saturated carbocycles. The number of carboxylic acid groups (broad SMARTS) is 1. The number of rotatable bonds is 22. The molecule has 54 heavy (non-hydrogen) atoms. The average molecular weight is 772 g/mol. The van der Waals surface area contributed by atoms with E-state index in [1.54, 1.807) is 36.6 Å². The summed E-state index contributed by atoms with van der Waals surface area (Å²) in [6, 6.07) is 5.02. The van der Waals surface area contributed by atoms with E-state index in [-0.39, 0.29) is 53.6 Å². The minimum absolute atomic E-state index is 0.0607. The van der Waals surface area contributed by atoms with Crippen LogP contribution in [0.1, 0.15) is 127 Å². The van der Waals surface area contributed by atoms with Gasteiger partial charge >= 0.3 is 5.97 Å². The predicted octanol–water partition coefficient (Wildman–Crippen LogP) is 6.44. The van der Waals surface area contributed by atoms with E-state index in [1.165, 1.54) is 11.3 Å². The Labute approximate surface area is 326 Å². The maximum absolute atomic E-state index is 14.6. The first-order chi connectivity index (χ1) is 25.7. The Bertz CT molecular complexity index is 1480. The van der Waals surface area contributed by atoms with E-state index in [9.17, 15) is 29.4 Å². The van der Waals surface area contributed by atoms with Crippen LogP contribution >= 0.6 is 11.3 Å². The molecule has 13 heteroatoms. The third kappa shape index (κ3) is 13.0. The molecule has 3 amide bonds. The first-order valence-corrected chi connectivity index (χ1v) is 20.8. The number of aromatic hydroxyl groups is 1. The molecule has 7 atom stereocenters. The minimum Gasteiger partial charge on any atom is -0.508 e. The van der Waals surface area contributed by atoms with E-state index in [0.29, 0.717) is 31.0 Å². The molecule has 0 aliphatic carbocycles. The summed E-state index contributed by atoms with van der Waals surface area (Å²) in [5.41, 5.74) is 1.07. The summed E-state index contributed by atoms with van der Waals surface area (Å²) in [5.74, 6) is -2.09. The second-order valence-electron chi connectivity index (χ2n) is 15.4. The van der Waals surface area contributed by atoms with Gasteiger partial charge in [0.25, 0.3) is 5.91 Å². The van der Waals surface area contributed by atoms with Gasteiger partial charge in [-0.2, -0.15) is 0 Å². The van der Waals surface area contributed by atoms with Gasteiger partial charge in [-0.15, -0.1) is 11.3 Å². The maximum Gasteiger partial charge on any atom is 0.306 e. The Morgan fingerprint density at radius 3 is 2.31 bits per heavy atom. The predicted molar refractivity (Wildman–Crippen MR) is 212 cm³/mol. The van der Waals surface area contributed by atoms with Crippen molar-refractivity contribution >= 4 is 35.0 Å². The van der Waals surface area contributed by atoms with Gasteiger partial charge in [0, 0.05) is 37.0 Å². The normalized spacial score (nSPS) is 18.3. The van der Waals surface area contributed by atoms with Crippen LogP contribution in [0.25, 0.3) is 0 Å². The van der Waals surface area contributed by atoms with Crippen LogP contribution in [0.2, 0.25) is 0 Å². The van der Waals surface area contributed by atoms with Crippen LogP contribution < -0.4 is 10.6 Å². The highest BCUT2D eigenvalue weighted by Gasteiger charge is 2.38. The molecule has 1 fully saturated rings. The molecule has 1 saturated heterocycles. The van der Waals surface area contributed by atoms with Crippen LogP contribution in [0.5, 0.6) is 5.75 Å². The first kappa shape index (κ1) is 44.8. The summed E-state index contributed by atoms with van der Waals surface area (Å²) in [7, 11) is 1.97. The Morgan fingerprint density at radius 1 is 1.02 bits per heavy atom. The summed E-state index contributed by atoms with van der Waals surface area (Å²) in [6.45, 7) is 15.8. The van der Waals surface area contributed by atoms with Gasteiger partial charge in [-0.1, -0.05) is 73.4 Å². The Morgan fingerprint density at radius 2 is 1.72 bits per heavy atom. The highest BCUT2D eigenvalue weighted by molar-refractivity contribution is 7.09. The van der Waals surface area contributed by atoms with Gasteiger partial charge in [0.15, 0.2) is 0 Å². The number of ether oxygens (including phenoxy) is 1. The fraction of sp³-hybridized carbons (Fsp3) is 0.683. The fourth-order valence-corrected chi connectivity index (χ4v) is 7.97. The molecule has 1 aliphatic rings. The molecule has 3 rings (SSSR count). The molecule has 0 spiro atoms. The average Bonchev–Trinajstić information content (AvgIpc) is 3.64. The number of nitrogens with one attached hydrogen (secondary N) is 2. The summed E-state index contributed by atoms with van der Waals surface area (Å²) < 4.78 is 6.41. The van der Waals surface area contributed by atoms with Gasteiger partial charge in [0.05, 0.1) is 12.0 Å². The Kier molecular flexibility index (Phi) is 18.4. The SMILES string of the molecule is CCCO[C@H](C[C@H](C(C)C)N(CCC)C(=O)[C@@H](NC(=O)[C@H]1CCCCN1C)[C@@H](C)CC)c1nc(C(=O)N[C@@H](Cc2ccc(O)cc2)C[C@H](C)C(=O)O)cs1. The zero-order valence-corrected chi connectivity index (χ0v) is 34.5. The molecule has 1 aromatic carbocycles. The zero-order valence-electron chi connectivity index (χ0n) is 33.7. The van der Waals surface area contributed by atoms with Crippen LogP contribution in [0, 0.1) is 17.8 Å². The number of amides is 3. The lowest BCUT2D eigenvalue weighted by Crippen LogP contribution is -2.58. The molecule has 0 radical (unpaired) electrons. The van der Waals surface area contributed by atoms with Crippen LogP contribution in [0.4, 0.5) is 0 Å². The van der Waals surface area contributed by atoms with Crippen molar-refractivity contribution < 1.29 is 34.1 Å². The van der Waals surface area contributed by atoms with Gasteiger partial charge in [0.2, 0.25) is 11.8 Å². The van der Waals surface area contributed by atoms with Crippen LogP contribution in [0.3, 0.4) is 0 Å². The van der Waals surface area contributed by atoms with Crippen molar-refractivity contribution in [2.45, 2.75) is 137 Å². The molecule has 2 heterocycles. The van der Waals surface area contributed by atoms with Crippen molar-refractivity contribution in [2.75, 3.05) is 26.7 Å². The van der Waals surface area contributed by atoms with E-state index in [2.05, 4.69) is 36.3 Å². The lowest BCUT2D eigenvalue weighted by atomic mass is 9.92. The van der Waals surface area contributed by atoms with Crippen molar-refractivity contribution in [3.63, 3.8) is 0 Å². The third-order valence-electron chi connectivity index (χ3n) is 10.6. The number of piperidine rings is 1. The number of thiazole rings is 1. The number of likely N-dealkylation sites (N-methyl/N-ethyl adjacent to an activating group) is 1. The Hall–Kier alpha value is -3.55. The fourth-order valence-electron chi connectivity index (χ4n) is 7.11. The number of carbonyl (C=O) groups excluding carboxylic acids is 3. The Balaban J connectivity index is 1.86. The monoisotopic (exact) mass is 771 g/mol. The number of hydrogen-bond acceptors (Lipinski definition) is 9. The number of carbonyl (C=O) groups is 4. The van der Waals surface area contributed by atoms with Crippen LogP contribution in [-0.4, -0.2) is 99.6 Å². The first-order valence-electron chi connectivity index (χ1n) is 19.9. The molecule has 1 aromatic heterocycles. The third-order valence-corrected chi connectivity index (χ3v) is 11.5. The number of aromatic nitrogens is 1. The molecule has 302 valence electrons. The van der Waals surface area contributed by atoms with Gasteiger partial charge in [-0.25, -0.2) is 4.98 Å². The van der Waals surface area contributed by atoms with E-state index in [1.807, 2.05) is 32.7 Å². The lowest BCUT2D eigenvalue weighted by Gasteiger charge is -2.40. The number of likely N-dealkylation sites (tertiary alicyclic amines) is 1. The molecular weight excluding hydrogens is 707 g/mol. The smallest absolute Gasteiger partial charge is 0.306 e. The number of aliphatic carboxylic acids is 1. The molecule has 12 nitrogen and oxygen atoms in total. The highest BCUT2D eigenvalue weighted by Crippen LogP contribution is 2.32. The standard InChI is InChI=1S/C41H65N5O7S/c1-9-19-46(40(50)36(27(6)11-3)44-38(49)33-14-12-13-20-45(33)8)34(26(4)5)24-35(53-21-10-2)39-43-32(25-54-39)37(48)42-30(22-28(7)41(51)52)23-29-15-17-31(47)18-16-29/h15-18,25-28,30,33-36,47H,9-14,19-24H2,1-8H3,(H,42,48)(H,44,49)(H,51,52)/t27-,28-,30+,33+,34+,35+,36-/m0/s1. The van der Waals surface area contributed by atoms with E-state index < -0.39 is 36.0 Å². The number of carboxylic acids is 1. The van der Waals surface area contributed by atoms with Crippen LogP contribution in [-0.2, 0) is 25.5 Å². The molecule has 0 bridgehead atoms. The molecule has 0 unspecified atom stereocenters. The summed E-state index contributed by atoms with van der Waals surface area (Å²) in [6.07, 6.45) is 5.67. The van der Waals surface area contributed by atoms with Crippen molar-refractivity contribution in [2.24, 2.45) is 17.8 Å². The minimum atomic E-state index is -0.947. The van der Waals surface area contributed by atoms with Crippen molar-refractivity contribution in [3.8, 4) is 5.75 Å². The number of phenols is 1. The lowest BCUT2D eigenvalue weighted by molar-refractivity contribution is -0.143. The van der Waals surface area contributed by atoms with Gasteiger partial charge < -0.3 is 30.5 Å². The topological polar surface area (TPSA) is 161 Å². The summed E-state index contributed by atoms with van der Waals surface area (Å²) in [5, 5.41) is 27.8. The van der Waals surface area contributed by atoms with Crippen molar-refractivity contribution in [3.05, 3.63) is 45.9 Å². The van der Waals surface area contributed by atoms with Gasteiger partial charge in [-0.05, 0) is 81.6 Å². The number of benzene rings is 1. The van der Waals surface area contributed by atoms with E-state index in [4.69, 9.17) is 9.72 Å². The maximum atomic E-state index is 14.6. The number of hydrogen-bond donors (Lipinski definition) is 4. The molecule has 2 aromatic rings. The quantitative estimate of drug-likeness (QED) is 0.106. The van der Waals surface area contributed by atoms with Gasteiger partial charge in [-0.3, -0.25) is 24.1 Å². The van der Waals surface area contributed by atoms with Gasteiger partial charge in [0.1, 0.15) is 28.6 Å². The second-order valence-corrected chi connectivity index (χ2v) is 16.3. The highest BCUT2D eigenvalue weighted by atomic mass is 32.1. The summed E-state index contributed by atoms with van der Waals surface area (Å²) in [4.78, 5) is 62.3. The van der Waals surface area contributed by atoms with Crippen molar-refractivity contribution in [1.29, 1.82) is 0 Å². The zero-order chi connectivity index (χ0) is 39.9.